The van der Waals surface area contributed by atoms with Gasteiger partial charge in [-0.15, -0.1) is 10.2 Å². The molecule has 0 unspecified atom stereocenters. The number of Topliss-reactive ketones (excluding diaryl/α,β-unsaturated/α-hetero) is 1. The number of carbonyl (C=O) groups excluding carboxylic acids is 2. The lowest BCUT2D eigenvalue weighted by molar-refractivity contribution is -0.142. The van der Waals surface area contributed by atoms with Crippen LogP contribution in [0.3, 0.4) is 0 Å². The lowest BCUT2D eigenvalue weighted by Crippen LogP contribution is -2.16. The standard InChI is InChI=1S/C21H22N4O4/c1-3-15-4-6-17(7-5-15)21-22-24-25(23-21)13-12-20(27)29-14-19(26)16-8-10-18(28-2)11-9-16/h4-11H,3,12-14H2,1-2H3. The predicted octanol–water partition coefficient (Wildman–Crippen LogP) is 2.73. The lowest BCUT2D eigenvalue weighted by atomic mass is 10.1. The molecule has 1 heterocycles. The molecule has 0 N–H and O–H groups in total. The van der Waals surface area contributed by atoms with Crippen molar-refractivity contribution < 1.29 is 19.1 Å². The van der Waals surface area contributed by atoms with Crippen LogP contribution in [0.1, 0.15) is 29.3 Å². The number of aromatic nitrogens is 4. The molecule has 0 aliphatic heterocycles. The summed E-state index contributed by atoms with van der Waals surface area (Å²) in [5.41, 5.74) is 2.55. The Hall–Kier alpha value is -3.55. The summed E-state index contributed by atoms with van der Waals surface area (Å²) >= 11 is 0. The van der Waals surface area contributed by atoms with Crippen molar-refractivity contribution in [2.24, 2.45) is 0 Å². The minimum atomic E-state index is -0.502. The van der Waals surface area contributed by atoms with E-state index in [-0.39, 0.29) is 25.4 Å². The second-order valence-corrected chi connectivity index (χ2v) is 6.32. The van der Waals surface area contributed by atoms with Crippen molar-refractivity contribution >= 4 is 11.8 Å². The molecule has 0 bridgehead atoms. The van der Waals surface area contributed by atoms with Crippen LogP contribution in [0.15, 0.2) is 48.5 Å². The molecule has 8 heteroatoms. The number of esters is 1. The van der Waals surface area contributed by atoms with E-state index >= 15 is 0 Å². The van der Waals surface area contributed by atoms with Crippen molar-refractivity contribution in [2.45, 2.75) is 26.3 Å². The van der Waals surface area contributed by atoms with Crippen molar-refractivity contribution in [3.63, 3.8) is 0 Å². The molecule has 0 fully saturated rings. The minimum absolute atomic E-state index is 0.0421. The van der Waals surface area contributed by atoms with Crippen LogP contribution < -0.4 is 4.74 Å². The third-order valence-electron chi connectivity index (χ3n) is 4.37. The van der Waals surface area contributed by atoms with Crippen molar-refractivity contribution in [3.8, 4) is 17.1 Å². The highest BCUT2D eigenvalue weighted by atomic mass is 16.5. The van der Waals surface area contributed by atoms with E-state index in [9.17, 15) is 9.59 Å². The lowest BCUT2D eigenvalue weighted by Gasteiger charge is -2.05. The Balaban J connectivity index is 1.46. The summed E-state index contributed by atoms with van der Waals surface area (Å²) in [5.74, 6) is 0.367. The van der Waals surface area contributed by atoms with E-state index in [1.165, 1.54) is 10.4 Å². The van der Waals surface area contributed by atoms with Crippen molar-refractivity contribution in [2.75, 3.05) is 13.7 Å². The van der Waals surface area contributed by atoms with Gasteiger partial charge in [0, 0.05) is 11.1 Å². The van der Waals surface area contributed by atoms with E-state index in [0.29, 0.717) is 17.1 Å². The van der Waals surface area contributed by atoms with Crippen LogP contribution in [0, 0.1) is 0 Å². The number of tetrazole rings is 1. The van der Waals surface area contributed by atoms with Crippen LogP contribution >= 0.6 is 0 Å². The minimum Gasteiger partial charge on any atom is -0.497 e. The summed E-state index contributed by atoms with van der Waals surface area (Å²) in [4.78, 5) is 25.3. The summed E-state index contributed by atoms with van der Waals surface area (Å²) < 4.78 is 10.1. The Labute approximate surface area is 168 Å². The monoisotopic (exact) mass is 394 g/mol. The van der Waals surface area contributed by atoms with Gasteiger partial charge in [-0.2, -0.15) is 4.80 Å². The van der Waals surface area contributed by atoms with Gasteiger partial charge in [-0.05, 0) is 41.5 Å². The molecule has 0 aliphatic carbocycles. The summed E-state index contributed by atoms with van der Waals surface area (Å²) in [5, 5.41) is 12.2. The average molecular weight is 394 g/mol. The van der Waals surface area contributed by atoms with E-state index in [1.807, 2.05) is 24.3 Å². The van der Waals surface area contributed by atoms with Crippen LogP contribution in [-0.2, 0) is 22.5 Å². The van der Waals surface area contributed by atoms with Gasteiger partial charge in [-0.3, -0.25) is 9.59 Å². The molecular formula is C21H22N4O4. The highest BCUT2D eigenvalue weighted by Crippen LogP contribution is 2.15. The Morgan fingerprint density at radius 3 is 2.41 bits per heavy atom. The highest BCUT2D eigenvalue weighted by molar-refractivity contribution is 5.98. The fourth-order valence-corrected chi connectivity index (χ4v) is 2.61. The fourth-order valence-electron chi connectivity index (χ4n) is 2.61. The van der Waals surface area contributed by atoms with E-state index in [4.69, 9.17) is 9.47 Å². The first-order chi connectivity index (χ1) is 14.1. The van der Waals surface area contributed by atoms with E-state index in [1.54, 1.807) is 31.4 Å². The maximum atomic E-state index is 12.1. The molecule has 1 aromatic heterocycles. The van der Waals surface area contributed by atoms with E-state index < -0.39 is 5.97 Å². The van der Waals surface area contributed by atoms with Gasteiger partial charge in [0.1, 0.15) is 5.75 Å². The molecule has 29 heavy (non-hydrogen) atoms. The molecule has 0 amide bonds. The Morgan fingerprint density at radius 1 is 1.03 bits per heavy atom. The van der Waals surface area contributed by atoms with Crippen molar-refractivity contribution in [3.05, 3.63) is 59.7 Å². The molecule has 0 atom stereocenters. The summed E-state index contributed by atoms with van der Waals surface area (Å²) in [6.45, 7) is 1.99. The van der Waals surface area contributed by atoms with Crippen molar-refractivity contribution in [1.29, 1.82) is 0 Å². The fraction of sp³-hybridized carbons (Fsp3) is 0.286. The second-order valence-electron chi connectivity index (χ2n) is 6.32. The summed E-state index contributed by atoms with van der Waals surface area (Å²) in [7, 11) is 1.55. The zero-order valence-electron chi connectivity index (χ0n) is 16.4. The van der Waals surface area contributed by atoms with Gasteiger partial charge in [0.2, 0.25) is 5.82 Å². The first kappa shape index (κ1) is 20.2. The summed E-state index contributed by atoms with van der Waals surface area (Å²) in [6.07, 6.45) is 1.00. The Morgan fingerprint density at radius 2 is 1.76 bits per heavy atom. The highest BCUT2D eigenvalue weighted by Gasteiger charge is 2.12. The summed E-state index contributed by atoms with van der Waals surface area (Å²) in [6, 6.07) is 14.5. The molecule has 3 aromatic rings. The number of ether oxygens (including phenoxy) is 2. The smallest absolute Gasteiger partial charge is 0.308 e. The SMILES string of the molecule is CCc1ccc(-c2nnn(CCC(=O)OCC(=O)c3ccc(OC)cc3)n2)cc1. The molecule has 2 aromatic carbocycles. The van der Waals surface area contributed by atoms with Gasteiger partial charge < -0.3 is 9.47 Å². The van der Waals surface area contributed by atoms with Crippen LogP contribution in [0.2, 0.25) is 0 Å². The van der Waals surface area contributed by atoms with E-state index in [2.05, 4.69) is 22.3 Å². The first-order valence-corrected chi connectivity index (χ1v) is 9.29. The van der Waals surface area contributed by atoms with Crippen molar-refractivity contribution in [1.82, 2.24) is 20.2 Å². The van der Waals surface area contributed by atoms with Gasteiger partial charge in [0.25, 0.3) is 0 Å². The van der Waals surface area contributed by atoms with Gasteiger partial charge in [0.15, 0.2) is 12.4 Å². The Bertz CT molecular complexity index is 965. The molecule has 0 aliphatic rings. The maximum Gasteiger partial charge on any atom is 0.308 e. The predicted molar refractivity (Wildman–Crippen MR) is 106 cm³/mol. The largest absolute Gasteiger partial charge is 0.497 e. The third kappa shape index (κ3) is 5.47. The van der Waals surface area contributed by atoms with Crippen LogP contribution in [0.5, 0.6) is 5.75 Å². The number of methoxy groups -OCH3 is 1. The number of rotatable bonds is 9. The zero-order valence-corrected chi connectivity index (χ0v) is 16.4. The first-order valence-electron chi connectivity index (χ1n) is 9.29. The molecule has 0 saturated carbocycles. The van der Waals surface area contributed by atoms with Crippen LogP contribution in [0.25, 0.3) is 11.4 Å². The topological polar surface area (TPSA) is 96.2 Å². The van der Waals surface area contributed by atoms with Crippen LogP contribution in [0.4, 0.5) is 0 Å². The number of nitrogens with zero attached hydrogens (tertiary/aromatic N) is 4. The molecule has 8 nitrogen and oxygen atoms in total. The van der Waals surface area contributed by atoms with Gasteiger partial charge in [-0.1, -0.05) is 31.2 Å². The van der Waals surface area contributed by atoms with Crippen LogP contribution in [-0.4, -0.2) is 45.7 Å². The number of benzene rings is 2. The van der Waals surface area contributed by atoms with Gasteiger partial charge in [-0.25, -0.2) is 0 Å². The third-order valence-corrected chi connectivity index (χ3v) is 4.37. The number of hydrogen-bond acceptors (Lipinski definition) is 7. The normalized spacial score (nSPS) is 10.6. The van der Waals surface area contributed by atoms with E-state index in [0.717, 1.165) is 12.0 Å². The quantitative estimate of drug-likeness (QED) is 0.407. The molecule has 3 rings (SSSR count). The molecule has 0 saturated heterocycles. The van der Waals surface area contributed by atoms with Gasteiger partial charge >= 0.3 is 5.97 Å². The number of aryl methyl sites for hydroxylation is 2. The number of hydrogen-bond donors (Lipinski definition) is 0. The maximum absolute atomic E-state index is 12.1. The second kappa shape index (κ2) is 9.59. The average Bonchev–Trinajstić information content (AvgIpc) is 3.25. The van der Waals surface area contributed by atoms with Gasteiger partial charge in [0.05, 0.1) is 20.1 Å². The Kier molecular flexibility index (Phi) is 6.67. The number of carbonyl (C=O) groups is 2. The zero-order chi connectivity index (χ0) is 20.6. The number of ketones is 1. The molecule has 0 spiro atoms. The molecule has 150 valence electrons. The molecular weight excluding hydrogens is 372 g/mol. The molecule has 0 radical (unpaired) electrons.